The van der Waals surface area contributed by atoms with Crippen LogP contribution in [0.3, 0.4) is 0 Å². The van der Waals surface area contributed by atoms with Gasteiger partial charge in [0.1, 0.15) is 5.03 Å². The van der Waals surface area contributed by atoms with Crippen LogP contribution in [0.25, 0.3) is 0 Å². The average molecular weight is 236 g/mol. The van der Waals surface area contributed by atoms with E-state index in [1.165, 1.54) is 11.8 Å². The first-order chi connectivity index (χ1) is 7.68. The molecule has 4 nitrogen and oxygen atoms in total. The summed E-state index contributed by atoms with van der Waals surface area (Å²) in [5, 5.41) is 11.2. The molecule has 84 valence electrons. The van der Waals surface area contributed by atoms with Gasteiger partial charge in [0.2, 0.25) is 0 Å². The van der Waals surface area contributed by atoms with Crippen LogP contribution in [-0.4, -0.2) is 16.7 Å². The first kappa shape index (κ1) is 11.0. The molecular weight excluding hydrogens is 224 g/mol. The van der Waals surface area contributed by atoms with Gasteiger partial charge in [0, 0.05) is 17.5 Å². The summed E-state index contributed by atoms with van der Waals surface area (Å²) in [6.07, 6.45) is 1.08. The van der Waals surface area contributed by atoms with Crippen molar-refractivity contribution in [3.05, 3.63) is 51.7 Å². The lowest BCUT2D eigenvalue weighted by Gasteiger charge is -2.22. The van der Waals surface area contributed by atoms with E-state index in [4.69, 9.17) is 0 Å². The smallest absolute Gasteiger partial charge is 0.264 e. The van der Waals surface area contributed by atoms with Crippen molar-refractivity contribution in [2.24, 2.45) is 0 Å². The van der Waals surface area contributed by atoms with Crippen LogP contribution in [0.1, 0.15) is 6.92 Å². The minimum atomic E-state index is -0.393. The lowest BCUT2D eigenvalue weighted by atomic mass is 10.2. The highest BCUT2D eigenvalue weighted by molar-refractivity contribution is 8.03. The van der Waals surface area contributed by atoms with Gasteiger partial charge in [0.15, 0.2) is 0 Å². The zero-order valence-corrected chi connectivity index (χ0v) is 9.68. The number of nitro groups is 1. The fourth-order valence-corrected chi connectivity index (χ4v) is 2.87. The van der Waals surface area contributed by atoms with Crippen LogP contribution in [0.15, 0.2) is 41.6 Å². The Balaban J connectivity index is 2.33. The number of para-hydroxylation sites is 1. The monoisotopic (exact) mass is 236 g/mol. The highest BCUT2D eigenvalue weighted by Crippen LogP contribution is 2.36. The molecule has 0 spiro atoms. The number of benzene rings is 1. The van der Waals surface area contributed by atoms with E-state index in [1.54, 1.807) is 0 Å². The summed E-state index contributed by atoms with van der Waals surface area (Å²) < 4.78 is 0. The third-order valence-electron chi connectivity index (χ3n) is 2.40. The molecule has 0 aliphatic carbocycles. The fraction of sp³-hybridized carbons (Fsp3) is 0.273. The first-order valence-electron chi connectivity index (χ1n) is 5.01. The Labute approximate surface area is 98.1 Å². The van der Waals surface area contributed by atoms with Crippen molar-refractivity contribution in [2.75, 3.05) is 10.7 Å². The molecule has 1 unspecified atom stereocenters. The SMILES string of the molecule is CC1CSC(=C[N+](=O)[O-])N1c1ccccc1. The van der Waals surface area contributed by atoms with Crippen LogP contribution in [0.5, 0.6) is 0 Å². The van der Waals surface area contributed by atoms with Crippen LogP contribution in [0, 0.1) is 10.1 Å². The van der Waals surface area contributed by atoms with Gasteiger partial charge < -0.3 is 4.90 Å². The summed E-state index contributed by atoms with van der Waals surface area (Å²) in [6.45, 7) is 2.07. The van der Waals surface area contributed by atoms with Crippen LogP contribution in [-0.2, 0) is 0 Å². The molecule has 1 heterocycles. The Morgan fingerprint density at radius 2 is 2.19 bits per heavy atom. The van der Waals surface area contributed by atoms with Crippen LogP contribution >= 0.6 is 11.8 Å². The molecule has 0 aromatic heterocycles. The zero-order chi connectivity index (χ0) is 11.5. The van der Waals surface area contributed by atoms with Gasteiger partial charge in [-0.2, -0.15) is 0 Å². The van der Waals surface area contributed by atoms with Crippen molar-refractivity contribution < 1.29 is 4.92 Å². The molecule has 5 heteroatoms. The lowest BCUT2D eigenvalue weighted by Crippen LogP contribution is -2.26. The van der Waals surface area contributed by atoms with Gasteiger partial charge in [-0.1, -0.05) is 30.0 Å². The average Bonchev–Trinajstić information content (AvgIpc) is 2.60. The Morgan fingerprint density at radius 1 is 1.50 bits per heavy atom. The third-order valence-corrected chi connectivity index (χ3v) is 3.65. The third kappa shape index (κ3) is 2.19. The maximum absolute atomic E-state index is 10.5. The standard InChI is InChI=1S/C11H12N2O2S/c1-9-8-16-11(7-12(14)15)13(9)10-5-3-2-4-6-10/h2-7,9H,8H2,1H3. The molecule has 0 amide bonds. The van der Waals surface area contributed by atoms with E-state index in [1.807, 2.05) is 35.2 Å². The molecule has 0 bridgehead atoms. The molecule has 0 saturated carbocycles. The van der Waals surface area contributed by atoms with Crippen LogP contribution in [0.2, 0.25) is 0 Å². The van der Waals surface area contributed by atoms with Crippen LogP contribution in [0.4, 0.5) is 5.69 Å². The Kier molecular flexibility index (Phi) is 3.14. The summed E-state index contributed by atoms with van der Waals surface area (Å²) in [7, 11) is 0. The normalized spacial score (nSPS) is 22.7. The predicted octanol–water partition coefficient (Wildman–Crippen LogP) is 2.70. The Hall–Kier alpha value is -1.49. The fourth-order valence-electron chi connectivity index (χ4n) is 1.73. The summed E-state index contributed by atoms with van der Waals surface area (Å²) in [5.41, 5.74) is 1.01. The first-order valence-corrected chi connectivity index (χ1v) is 5.99. The van der Waals surface area contributed by atoms with Gasteiger partial charge in [0.05, 0.1) is 4.92 Å². The number of hydrogen-bond acceptors (Lipinski definition) is 4. The predicted molar refractivity (Wildman–Crippen MR) is 65.9 cm³/mol. The van der Waals surface area contributed by atoms with Gasteiger partial charge in [0.25, 0.3) is 6.20 Å². The molecule has 1 aromatic carbocycles. The van der Waals surface area contributed by atoms with Crippen molar-refractivity contribution in [1.29, 1.82) is 0 Å². The highest BCUT2D eigenvalue weighted by Gasteiger charge is 2.28. The molecule has 0 N–H and O–H groups in total. The van der Waals surface area contributed by atoms with E-state index in [2.05, 4.69) is 6.92 Å². The van der Waals surface area contributed by atoms with Gasteiger partial charge in [-0.15, -0.1) is 0 Å². The molecule has 2 rings (SSSR count). The number of hydrogen-bond donors (Lipinski definition) is 0. The summed E-state index contributed by atoms with van der Waals surface area (Å²) in [5.74, 6) is 0.883. The molecule has 16 heavy (non-hydrogen) atoms. The van der Waals surface area contributed by atoms with E-state index in [-0.39, 0.29) is 0 Å². The maximum atomic E-state index is 10.5. The number of rotatable bonds is 2. The molecule has 1 atom stereocenters. The second-order valence-corrected chi connectivity index (χ2v) is 4.66. The summed E-state index contributed by atoms with van der Waals surface area (Å²) >= 11 is 1.53. The van der Waals surface area contributed by atoms with E-state index in [9.17, 15) is 10.1 Å². The quantitative estimate of drug-likeness (QED) is 0.585. The second-order valence-electron chi connectivity index (χ2n) is 3.62. The highest BCUT2D eigenvalue weighted by atomic mass is 32.2. The van der Waals surface area contributed by atoms with Gasteiger partial charge in [-0.3, -0.25) is 10.1 Å². The van der Waals surface area contributed by atoms with Gasteiger partial charge in [-0.25, -0.2) is 0 Å². The van der Waals surface area contributed by atoms with Gasteiger partial charge >= 0.3 is 0 Å². The molecule has 1 aliphatic rings. The minimum Gasteiger partial charge on any atom is -0.328 e. The summed E-state index contributed by atoms with van der Waals surface area (Å²) in [4.78, 5) is 12.1. The molecular formula is C11H12N2O2S. The largest absolute Gasteiger partial charge is 0.328 e. The molecule has 1 fully saturated rings. The topological polar surface area (TPSA) is 46.4 Å². The molecule has 1 aromatic rings. The van der Waals surface area contributed by atoms with E-state index >= 15 is 0 Å². The van der Waals surface area contributed by atoms with Crippen molar-refractivity contribution in [3.8, 4) is 0 Å². The lowest BCUT2D eigenvalue weighted by molar-refractivity contribution is -0.402. The van der Waals surface area contributed by atoms with E-state index in [0.717, 1.165) is 17.6 Å². The van der Waals surface area contributed by atoms with E-state index < -0.39 is 4.92 Å². The number of thioether (sulfide) groups is 1. The maximum Gasteiger partial charge on any atom is 0.264 e. The molecule has 1 saturated heterocycles. The Bertz CT molecular complexity index is 419. The summed E-state index contributed by atoms with van der Waals surface area (Å²) in [6, 6.07) is 10.0. The second kappa shape index (κ2) is 4.57. The minimum absolute atomic E-state index is 0.290. The van der Waals surface area contributed by atoms with Crippen molar-refractivity contribution in [1.82, 2.24) is 0 Å². The zero-order valence-electron chi connectivity index (χ0n) is 8.87. The Morgan fingerprint density at radius 3 is 2.81 bits per heavy atom. The molecule has 1 aliphatic heterocycles. The van der Waals surface area contributed by atoms with E-state index in [0.29, 0.717) is 11.1 Å². The number of anilines is 1. The van der Waals surface area contributed by atoms with Crippen molar-refractivity contribution in [3.63, 3.8) is 0 Å². The molecule has 0 radical (unpaired) electrons. The van der Waals surface area contributed by atoms with Gasteiger partial charge in [-0.05, 0) is 19.1 Å². The van der Waals surface area contributed by atoms with Crippen LogP contribution < -0.4 is 4.90 Å². The van der Waals surface area contributed by atoms with Crippen molar-refractivity contribution >= 4 is 17.4 Å². The van der Waals surface area contributed by atoms with Crippen molar-refractivity contribution in [2.45, 2.75) is 13.0 Å². The number of nitrogens with zero attached hydrogens (tertiary/aromatic N) is 2.